The molecule has 7 rings (SSSR count). The highest BCUT2D eigenvalue weighted by atomic mass is 19.1. The van der Waals surface area contributed by atoms with Gasteiger partial charge in [-0.2, -0.15) is 10.2 Å². The molecule has 0 unspecified atom stereocenters. The second-order valence-corrected chi connectivity index (χ2v) is 10.5. The third-order valence-corrected chi connectivity index (χ3v) is 7.70. The van der Waals surface area contributed by atoms with E-state index in [0.29, 0.717) is 22.3 Å². The second-order valence-electron chi connectivity index (χ2n) is 10.5. The minimum atomic E-state index is -0.633. The summed E-state index contributed by atoms with van der Waals surface area (Å²) in [5.41, 5.74) is 6.34. The predicted molar refractivity (Wildman–Crippen MR) is 160 cm³/mol. The van der Waals surface area contributed by atoms with Gasteiger partial charge in [-0.25, -0.2) is 8.78 Å². The van der Waals surface area contributed by atoms with E-state index in [1.54, 1.807) is 6.20 Å². The molecule has 2 aromatic heterocycles. The average molecular weight is 564 g/mol. The number of nitrogens with zero attached hydrogens (tertiary/aromatic N) is 3. The van der Waals surface area contributed by atoms with Crippen LogP contribution in [0.1, 0.15) is 21.5 Å². The van der Waals surface area contributed by atoms with Crippen molar-refractivity contribution in [3.63, 3.8) is 0 Å². The molecule has 4 aromatic carbocycles. The van der Waals surface area contributed by atoms with Gasteiger partial charge in [0, 0.05) is 54.3 Å². The number of anilines is 2. The summed E-state index contributed by atoms with van der Waals surface area (Å²) in [5.74, 6) is -1.17. The Morgan fingerprint density at radius 1 is 0.881 bits per heavy atom. The van der Waals surface area contributed by atoms with Crippen LogP contribution < -0.4 is 15.5 Å². The van der Waals surface area contributed by atoms with Gasteiger partial charge >= 0.3 is 0 Å². The maximum atomic E-state index is 14.1. The third kappa shape index (κ3) is 5.08. The van der Waals surface area contributed by atoms with E-state index < -0.39 is 11.6 Å². The van der Waals surface area contributed by atoms with Gasteiger partial charge in [-0.1, -0.05) is 6.07 Å². The molecule has 210 valence electrons. The number of piperazine rings is 1. The number of hydrogen-bond acceptors (Lipinski definition) is 5. The maximum Gasteiger partial charge on any atom is 0.256 e. The number of rotatable bonds is 6. The van der Waals surface area contributed by atoms with Crippen LogP contribution in [-0.2, 0) is 6.42 Å². The number of carbonyl (C=O) groups is 1. The molecule has 3 heterocycles. The molecule has 0 saturated carbocycles. The molecule has 0 atom stereocenters. The van der Waals surface area contributed by atoms with E-state index in [0.717, 1.165) is 71.0 Å². The largest absolute Gasteiger partial charge is 0.369 e. The summed E-state index contributed by atoms with van der Waals surface area (Å²) >= 11 is 0. The van der Waals surface area contributed by atoms with Gasteiger partial charge in [-0.15, -0.1) is 0 Å². The number of nitrogens with one attached hydrogen (secondary N) is 4. The van der Waals surface area contributed by atoms with Gasteiger partial charge in [0.2, 0.25) is 0 Å². The summed E-state index contributed by atoms with van der Waals surface area (Å²) in [6, 6.07) is 20.9. The van der Waals surface area contributed by atoms with Crippen LogP contribution in [0.2, 0.25) is 0 Å². The quantitative estimate of drug-likeness (QED) is 0.210. The first-order valence-electron chi connectivity index (χ1n) is 13.8. The summed E-state index contributed by atoms with van der Waals surface area (Å²) < 4.78 is 28.2. The molecule has 42 heavy (non-hydrogen) atoms. The Bertz CT molecular complexity index is 1900. The van der Waals surface area contributed by atoms with Crippen molar-refractivity contribution in [2.75, 3.05) is 36.4 Å². The van der Waals surface area contributed by atoms with Crippen molar-refractivity contribution >= 4 is 39.2 Å². The van der Waals surface area contributed by atoms with E-state index in [9.17, 15) is 13.6 Å². The zero-order chi connectivity index (χ0) is 28.6. The van der Waals surface area contributed by atoms with Gasteiger partial charge in [0.15, 0.2) is 5.82 Å². The van der Waals surface area contributed by atoms with Crippen molar-refractivity contribution in [2.45, 2.75) is 6.42 Å². The average Bonchev–Trinajstić information content (AvgIpc) is 3.63. The number of amides is 1. The highest BCUT2D eigenvalue weighted by molar-refractivity contribution is 6.08. The zero-order valence-electron chi connectivity index (χ0n) is 22.5. The molecule has 8 nitrogen and oxygen atoms in total. The van der Waals surface area contributed by atoms with Gasteiger partial charge in [0.25, 0.3) is 5.91 Å². The van der Waals surface area contributed by atoms with Crippen LogP contribution in [-0.4, -0.2) is 52.5 Å². The molecule has 0 spiro atoms. The minimum absolute atomic E-state index is 0.273. The Labute approximate surface area is 239 Å². The first-order valence-corrected chi connectivity index (χ1v) is 13.8. The molecule has 1 saturated heterocycles. The van der Waals surface area contributed by atoms with E-state index in [1.165, 1.54) is 12.1 Å². The standard InChI is InChI=1S/C32H27F2N7O/c33-24-12-19(13-25(34)16-24)11-22-15-28-30(17-27(22)21-3-6-29-23(14-21)18-36-38-29)39-40-31(28)37-32(42)20-1-4-26(5-2-20)41-9-7-35-8-10-41/h1-6,12-18,35H,7-11H2,(H,36,38)(H2,37,39,40,42). The fourth-order valence-corrected chi connectivity index (χ4v) is 5.59. The third-order valence-electron chi connectivity index (χ3n) is 7.70. The molecule has 6 aromatic rings. The van der Waals surface area contributed by atoms with Crippen molar-refractivity contribution in [3.05, 3.63) is 107 Å². The number of carbonyl (C=O) groups excluding carboxylic acids is 1. The van der Waals surface area contributed by atoms with Crippen LogP contribution in [0.3, 0.4) is 0 Å². The Morgan fingerprint density at radius 2 is 1.67 bits per heavy atom. The highest BCUT2D eigenvalue weighted by Gasteiger charge is 2.17. The smallest absolute Gasteiger partial charge is 0.256 e. The van der Waals surface area contributed by atoms with Crippen LogP contribution in [0, 0.1) is 11.6 Å². The number of benzene rings is 4. The van der Waals surface area contributed by atoms with E-state index in [2.05, 4.69) is 35.9 Å². The number of aromatic nitrogens is 4. The summed E-state index contributed by atoms with van der Waals surface area (Å²) in [7, 11) is 0. The molecule has 0 bridgehead atoms. The van der Waals surface area contributed by atoms with Crippen LogP contribution in [0.25, 0.3) is 32.9 Å². The molecule has 4 N–H and O–H groups in total. The van der Waals surface area contributed by atoms with Gasteiger partial charge in [0.1, 0.15) is 11.6 Å². The predicted octanol–water partition coefficient (Wildman–Crippen LogP) is 5.64. The SMILES string of the molecule is O=C(Nc1n[nH]c2cc(-c3ccc4[nH]ncc4c3)c(Cc3cc(F)cc(F)c3)cc12)c1ccc(N2CCNCC2)cc1. The molecular formula is C32H27F2N7O. The first-order chi connectivity index (χ1) is 20.5. The molecule has 0 radical (unpaired) electrons. The Hall–Kier alpha value is -5.09. The zero-order valence-corrected chi connectivity index (χ0v) is 22.5. The number of halogens is 2. The molecule has 1 aliphatic rings. The summed E-state index contributed by atoms with van der Waals surface area (Å²) in [4.78, 5) is 15.5. The topological polar surface area (TPSA) is 102 Å². The lowest BCUT2D eigenvalue weighted by molar-refractivity contribution is 0.102. The number of hydrogen-bond donors (Lipinski definition) is 4. The number of aromatic amines is 2. The number of H-pyrrole nitrogens is 2. The van der Waals surface area contributed by atoms with Gasteiger partial charge in [0.05, 0.1) is 17.2 Å². The van der Waals surface area contributed by atoms with Gasteiger partial charge in [-0.3, -0.25) is 15.0 Å². The second kappa shape index (κ2) is 10.7. The van der Waals surface area contributed by atoms with E-state index >= 15 is 0 Å². The fourth-order valence-electron chi connectivity index (χ4n) is 5.59. The van der Waals surface area contributed by atoms with E-state index in [1.807, 2.05) is 54.6 Å². The molecule has 10 heteroatoms. The summed E-state index contributed by atoms with van der Waals surface area (Å²) in [6.45, 7) is 3.72. The molecular weight excluding hydrogens is 536 g/mol. The summed E-state index contributed by atoms with van der Waals surface area (Å²) in [6.07, 6.45) is 2.02. The lowest BCUT2D eigenvalue weighted by atomic mass is 9.93. The minimum Gasteiger partial charge on any atom is -0.369 e. The van der Waals surface area contributed by atoms with Crippen molar-refractivity contribution < 1.29 is 13.6 Å². The normalized spacial score (nSPS) is 13.6. The summed E-state index contributed by atoms with van der Waals surface area (Å²) in [5, 5.41) is 22.4. The maximum absolute atomic E-state index is 14.1. The molecule has 0 aliphatic carbocycles. The molecule has 1 fully saturated rings. The lowest BCUT2D eigenvalue weighted by Gasteiger charge is -2.29. The van der Waals surface area contributed by atoms with E-state index in [4.69, 9.17) is 0 Å². The first kappa shape index (κ1) is 25.8. The van der Waals surface area contributed by atoms with E-state index in [-0.39, 0.29) is 12.3 Å². The van der Waals surface area contributed by atoms with Crippen molar-refractivity contribution in [1.82, 2.24) is 25.7 Å². The van der Waals surface area contributed by atoms with Crippen LogP contribution in [0.5, 0.6) is 0 Å². The van der Waals surface area contributed by atoms with Crippen molar-refractivity contribution in [2.24, 2.45) is 0 Å². The Balaban J connectivity index is 1.23. The van der Waals surface area contributed by atoms with Crippen molar-refractivity contribution in [3.8, 4) is 11.1 Å². The lowest BCUT2D eigenvalue weighted by Crippen LogP contribution is -2.43. The van der Waals surface area contributed by atoms with Crippen LogP contribution in [0.15, 0.2) is 79.0 Å². The highest BCUT2D eigenvalue weighted by Crippen LogP contribution is 2.34. The Morgan fingerprint density at radius 3 is 2.45 bits per heavy atom. The van der Waals surface area contributed by atoms with Gasteiger partial charge in [-0.05, 0) is 89.3 Å². The monoisotopic (exact) mass is 563 g/mol. The van der Waals surface area contributed by atoms with Crippen LogP contribution >= 0.6 is 0 Å². The van der Waals surface area contributed by atoms with Crippen molar-refractivity contribution in [1.29, 1.82) is 0 Å². The Kier molecular flexibility index (Phi) is 6.59. The number of fused-ring (bicyclic) bond motifs is 2. The fraction of sp³-hybridized carbons (Fsp3) is 0.156. The van der Waals surface area contributed by atoms with Crippen LogP contribution in [0.4, 0.5) is 20.3 Å². The molecule has 1 amide bonds. The molecule has 1 aliphatic heterocycles. The van der Waals surface area contributed by atoms with Gasteiger partial charge < -0.3 is 15.5 Å².